The van der Waals surface area contributed by atoms with Crippen molar-refractivity contribution in [1.29, 1.82) is 0 Å². The summed E-state index contributed by atoms with van der Waals surface area (Å²) in [6.45, 7) is 0. The van der Waals surface area contributed by atoms with Gasteiger partial charge in [0.25, 0.3) is 23.2 Å². The SMILES string of the molecule is CNC(=O)c1cc2cccc(Oc3ccc(N)cc3)c2o1.CNC(=O)c1cc2cccc(Oc3ccc([N+](=O)[O-])cc3)c2o1.O=C(O)c1cc2cccc(Oc3ccc([N+](=O)[O-])cc3)c2o1. The minimum absolute atomic E-state index is 0.0181. The zero-order valence-corrected chi connectivity index (χ0v) is 34.6. The molecule has 0 saturated carbocycles. The third kappa shape index (κ3) is 10.3. The summed E-state index contributed by atoms with van der Waals surface area (Å²) < 4.78 is 33.5. The van der Waals surface area contributed by atoms with Gasteiger partial charge in [-0.3, -0.25) is 29.8 Å². The Kier molecular flexibility index (Phi) is 13.2. The van der Waals surface area contributed by atoms with Crippen LogP contribution < -0.4 is 30.6 Å². The van der Waals surface area contributed by atoms with E-state index in [2.05, 4.69) is 10.6 Å². The Labute approximate surface area is 371 Å². The smallest absolute Gasteiger partial charge is 0.371 e. The third-order valence-corrected chi connectivity index (χ3v) is 9.30. The van der Waals surface area contributed by atoms with Crippen molar-refractivity contribution in [3.63, 3.8) is 0 Å². The second-order valence-corrected chi connectivity index (χ2v) is 13.7. The van der Waals surface area contributed by atoms with Crippen LogP contribution in [-0.2, 0) is 0 Å². The number of nitrogens with zero attached hydrogens (tertiary/aromatic N) is 2. The number of nitrogen functional groups attached to an aromatic ring is 1. The molecule has 0 fully saturated rings. The molecule has 0 aliphatic heterocycles. The fourth-order valence-electron chi connectivity index (χ4n) is 6.11. The number of hydrogen-bond donors (Lipinski definition) is 4. The van der Waals surface area contributed by atoms with Gasteiger partial charge in [0.15, 0.2) is 45.5 Å². The summed E-state index contributed by atoms with van der Waals surface area (Å²) in [5, 5.41) is 37.4. The van der Waals surface area contributed by atoms with Crippen LogP contribution in [0.4, 0.5) is 17.1 Å². The number of carboxylic acid groups (broad SMARTS) is 1. The molecule has 66 heavy (non-hydrogen) atoms. The van der Waals surface area contributed by atoms with E-state index < -0.39 is 15.8 Å². The molecular formula is C47H35N5O14. The van der Waals surface area contributed by atoms with Crippen molar-refractivity contribution in [2.24, 2.45) is 0 Å². The summed E-state index contributed by atoms with van der Waals surface area (Å²) in [6.07, 6.45) is 0. The van der Waals surface area contributed by atoms with Crippen molar-refractivity contribution in [3.8, 4) is 34.5 Å². The molecule has 5 N–H and O–H groups in total. The number of carbonyl (C=O) groups is 3. The summed E-state index contributed by atoms with van der Waals surface area (Å²) in [6, 6.07) is 38.8. The van der Waals surface area contributed by atoms with Crippen LogP contribution >= 0.6 is 0 Å². The molecule has 2 amide bonds. The highest BCUT2D eigenvalue weighted by molar-refractivity contribution is 5.98. The molecule has 3 aromatic heterocycles. The zero-order valence-electron chi connectivity index (χ0n) is 34.6. The Bertz CT molecular complexity index is 3230. The molecule has 0 aliphatic rings. The highest BCUT2D eigenvalue weighted by Crippen LogP contribution is 2.35. The molecule has 9 rings (SSSR count). The first-order chi connectivity index (χ1) is 31.8. The van der Waals surface area contributed by atoms with Crippen LogP contribution in [-0.4, -0.2) is 46.8 Å². The first-order valence-electron chi connectivity index (χ1n) is 19.4. The standard InChI is InChI=1S/C16H12N2O5.C16H14N2O3.C15H9NO6/c1-17-16(19)14-9-10-3-2-4-13(15(10)23-14)22-12-7-5-11(6-8-12)18(20)21;1-18-16(19)14-9-10-3-2-4-13(15(10)21-14)20-12-7-5-11(17)6-8-12;17-15(18)13-8-9-2-1-3-12(14(9)22-13)21-11-6-4-10(5-7-11)16(19)20/h2-9H,1H3,(H,17,19);2-9H,17H2,1H3,(H,18,19);1-8H,(H,17,18). The average Bonchev–Trinajstić information content (AvgIpc) is 4.09. The van der Waals surface area contributed by atoms with Crippen LogP contribution in [0.2, 0.25) is 0 Å². The zero-order chi connectivity index (χ0) is 46.9. The van der Waals surface area contributed by atoms with Crippen molar-refractivity contribution in [2.45, 2.75) is 0 Å². The van der Waals surface area contributed by atoms with Crippen LogP contribution in [0.5, 0.6) is 34.5 Å². The number of rotatable bonds is 11. The Hall–Kier alpha value is -9.65. The molecule has 0 aliphatic carbocycles. The van der Waals surface area contributed by atoms with E-state index in [1.54, 1.807) is 85.9 Å². The average molecular weight is 894 g/mol. The van der Waals surface area contributed by atoms with Crippen LogP contribution in [0, 0.1) is 20.2 Å². The lowest BCUT2D eigenvalue weighted by Gasteiger charge is -2.06. The van der Waals surface area contributed by atoms with Crippen LogP contribution in [0.3, 0.4) is 0 Å². The van der Waals surface area contributed by atoms with Gasteiger partial charge < -0.3 is 48.9 Å². The van der Waals surface area contributed by atoms with Gasteiger partial charge in [-0.1, -0.05) is 36.4 Å². The van der Waals surface area contributed by atoms with Gasteiger partial charge in [0.2, 0.25) is 5.76 Å². The van der Waals surface area contributed by atoms with Gasteiger partial charge in [0.05, 0.1) is 9.85 Å². The van der Waals surface area contributed by atoms with E-state index in [4.69, 9.17) is 38.3 Å². The number of amides is 2. The van der Waals surface area contributed by atoms with Crippen molar-refractivity contribution >= 4 is 67.8 Å². The fourth-order valence-corrected chi connectivity index (χ4v) is 6.11. The molecular weight excluding hydrogens is 859 g/mol. The minimum Gasteiger partial charge on any atom is -0.475 e. The van der Waals surface area contributed by atoms with E-state index in [1.807, 2.05) is 12.1 Å². The summed E-state index contributed by atoms with van der Waals surface area (Å²) in [4.78, 5) is 54.5. The second kappa shape index (κ2) is 19.6. The fraction of sp³-hybridized carbons (Fsp3) is 0.0426. The molecule has 0 unspecified atom stereocenters. The Balaban J connectivity index is 0.000000147. The molecule has 0 atom stereocenters. The van der Waals surface area contributed by atoms with Gasteiger partial charge in [-0.2, -0.15) is 0 Å². The molecule has 9 aromatic rings. The van der Waals surface area contributed by atoms with Crippen molar-refractivity contribution in [1.82, 2.24) is 10.6 Å². The summed E-state index contributed by atoms with van der Waals surface area (Å²) in [7, 11) is 3.07. The normalized spacial score (nSPS) is 10.5. The first-order valence-corrected chi connectivity index (χ1v) is 19.4. The van der Waals surface area contributed by atoms with E-state index in [0.29, 0.717) is 62.3 Å². The number of furan rings is 3. The predicted octanol–water partition coefficient (Wildman–Crippen LogP) is 10.5. The maximum absolute atomic E-state index is 11.6. The second-order valence-electron chi connectivity index (χ2n) is 13.7. The van der Waals surface area contributed by atoms with E-state index in [-0.39, 0.29) is 40.5 Å². The number of fused-ring (bicyclic) bond motifs is 3. The Morgan fingerprint density at radius 3 is 1.15 bits per heavy atom. The molecule has 6 aromatic carbocycles. The lowest BCUT2D eigenvalue weighted by atomic mass is 10.2. The van der Waals surface area contributed by atoms with E-state index in [9.17, 15) is 34.6 Å². The van der Waals surface area contributed by atoms with Crippen molar-refractivity contribution in [2.75, 3.05) is 19.8 Å². The quantitative estimate of drug-likeness (QED) is 0.0534. The van der Waals surface area contributed by atoms with E-state index in [1.165, 1.54) is 61.6 Å². The molecule has 3 heterocycles. The molecule has 0 saturated heterocycles. The third-order valence-electron chi connectivity index (χ3n) is 9.30. The number of hydrogen-bond acceptors (Lipinski definition) is 14. The van der Waals surface area contributed by atoms with Crippen LogP contribution in [0.25, 0.3) is 32.9 Å². The number of aromatic carboxylic acids is 1. The van der Waals surface area contributed by atoms with Crippen LogP contribution in [0.1, 0.15) is 31.7 Å². The molecule has 0 spiro atoms. The maximum atomic E-state index is 11.6. The molecule has 19 nitrogen and oxygen atoms in total. The molecule has 332 valence electrons. The van der Waals surface area contributed by atoms with Gasteiger partial charge in [0, 0.05) is 60.2 Å². The monoisotopic (exact) mass is 893 g/mol. The number of non-ortho nitro benzene ring substituents is 2. The van der Waals surface area contributed by atoms with Gasteiger partial charge >= 0.3 is 5.97 Å². The van der Waals surface area contributed by atoms with Gasteiger partial charge in [-0.25, -0.2) is 4.79 Å². The Morgan fingerprint density at radius 1 is 0.515 bits per heavy atom. The maximum Gasteiger partial charge on any atom is 0.371 e. The van der Waals surface area contributed by atoms with Gasteiger partial charge in [-0.15, -0.1) is 0 Å². The number of carboxylic acids is 1. The summed E-state index contributed by atoms with van der Waals surface area (Å²) >= 11 is 0. The number of nitro benzene ring substituents is 2. The number of nitro groups is 2. The highest BCUT2D eigenvalue weighted by Gasteiger charge is 2.17. The number of anilines is 1. The molecule has 0 radical (unpaired) electrons. The number of ether oxygens (including phenoxy) is 3. The summed E-state index contributed by atoms with van der Waals surface area (Å²) in [5.41, 5.74) is 7.52. The Morgan fingerprint density at radius 2 is 0.833 bits per heavy atom. The lowest BCUT2D eigenvalue weighted by molar-refractivity contribution is -0.385. The largest absolute Gasteiger partial charge is 0.475 e. The number of benzene rings is 6. The van der Waals surface area contributed by atoms with Gasteiger partial charge in [-0.05, 0) is 84.9 Å². The lowest BCUT2D eigenvalue weighted by Crippen LogP contribution is -2.16. The van der Waals surface area contributed by atoms with Crippen molar-refractivity contribution in [3.05, 3.63) is 183 Å². The molecule has 19 heteroatoms. The summed E-state index contributed by atoms with van der Waals surface area (Å²) in [5.74, 6) is 1.24. The van der Waals surface area contributed by atoms with Crippen LogP contribution in [0.15, 0.2) is 159 Å². The first kappa shape index (κ1) is 44.4. The number of nitrogens with two attached hydrogens (primary N) is 1. The number of para-hydroxylation sites is 3. The van der Waals surface area contributed by atoms with E-state index in [0.717, 1.165) is 10.8 Å². The predicted molar refractivity (Wildman–Crippen MR) is 240 cm³/mol. The topological polar surface area (TPSA) is 275 Å². The number of nitrogens with one attached hydrogen (secondary N) is 2. The molecule has 0 bridgehead atoms. The number of carbonyl (C=O) groups excluding carboxylic acids is 2. The highest BCUT2D eigenvalue weighted by atomic mass is 16.6. The van der Waals surface area contributed by atoms with Crippen molar-refractivity contribution < 1.29 is 56.8 Å². The minimum atomic E-state index is -1.17. The van der Waals surface area contributed by atoms with Gasteiger partial charge in [0.1, 0.15) is 17.2 Å². The van der Waals surface area contributed by atoms with E-state index >= 15 is 0 Å².